The van der Waals surface area contributed by atoms with E-state index < -0.39 is 0 Å². The van der Waals surface area contributed by atoms with Gasteiger partial charge in [-0.25, -0.2) is 4.98 Å². The molecule has 130 valence electrons. The van der Waals surface area contributed by atoms with Gasteiger partial charge < -0.3 is 4.90 Å². The molecule has 1 amide bonds. The number of carbonyl (C=O) groups is 1. The summed E-state index contributed by atoms with van der Waals surface area (Å²) in [6.07, 6.45) is 1.23. The van der Waals surface area contributed by atoms with Gasteiger partial charge >= 0.3 is 0 Å². The normalized spacial score (nSPS) is 12.1. The predicted molar refractivity (Wildman–Crippen MR) is 100 cm³/mol. The van der Waals surface area contributed by atoms with E-state index in [4.69, 9.17) is 0 Å². The molecule has 0 aliphatic carbocycles. The maximum absolute atomic E-state index is 12.5. The maximum Gasteiger partial charge on any atom is 0.223 e. The van der Waals surface area contributed by atoms with Crippen LogP contribution in [0.25, 0.3) is 11.3 Å². The lowest BCUT2D eigenvalue weighted by molar-refractivity contribution is -0.131. The van der Waals surface area contributed by atoms with Crippen molar-refractivity contribution in [1.29, 1.82) is 0 Å². The molecule has 0 saturated heterocycles. The first-order valence-corrected chi connectivity index (χ1v) is 9.19. The monoisotopic (exact) mass is 354 g/mol. The van der Waals surface area contributed by atoms with Crippen molar-refractivity contribution in [1.82, 2.24) is 20.1 Å². The Morgan fingerprint density at radius 3 is 2.76 bits per heavy atom. The van der Waals surface area contributed by atoms with Gasteiger partial charge in [0, 0.05) is 23.9 Å². The molecule has 0 saturated carbocycles. The molecule has 1 N–H and O–H groups in total. The molecule has 0 bridgehead atoms. The molecule has 0 unspecified atom stereocenters. The first-order valence-electron chi connectivity index (χ1n) is 8.31. The number of aryl methyl sites for hydroxylation is 2. The van der Waals surface area contributed by atoms with Gasteiger partial charge in [-0.3, -0.25) is 9.89 Å². The fourth-order valence-electron chi connectivity index (χ4n) is 2.69. The number of aromatic nitrogens is 3. The summed E-state index contributed by atoms with van der Waals surface area (Å²) in [5.74, 6) is 0.121. The Labute approximate surface area is 151 Å². The summed E-state index contributed by atoms with van der Waals surface area (Å²) < 4.78 is 0. The van der Waals surface area contributed by atoms with E-state index in [1.165, 1.54) is 4.88 Å². The molecule has 0 radical (unpaired) electrons. The Hall–Kier alpha value is -2.47. The van der Waals surface area contributed by atoms with Gasteiger partial charge in [-0.2, -0.15) is 5.10 Å². The van der Waals surface area contributed by atoms with Gasteiger partial charge in [0.15, 0.2) is 0 Å². The van der Waals surface area contributed by atoms with Crippen molar-refractivity contribution < 1.29 is 4.79 Å². The number of nitrogens with one attached hydrogen (secondary N) is 1. The zero-order chi connectivity index (χ0) is 17.8. The molecule has 3 rings (SSSR count). The van der Waals surface area contributed by atoms with Gasteiger partial charge in [-0.15, -0.1) is 11.3 Å². The van der Waals surface area contributed by atoms with Crippen LogP contribution < -0.4 is 0 Å². The molecule has 0 aliphatic heterocycles. The molecule has 1 atom stereocenters. The van der Waals surface area contributed by atoms with Gasteiger partial charge in [0.2, 0.25) is 5.91 Å². The molecule has 6 heteroatoms. The molecule has 2 heterocycles. The second-order valence-electron chi connectivity index (χ2n) is 6.12. The number of hydrogen-bond acceptors (Lipinski definition) is 4. The number of H-pyrrole nitrogens is 1. The van der Waals surface area contributed by atoms with Crippen molar-refractivity contribution in [3.8, 4) is 11.3 Å². The van der Waals surface area contributed by atoms with Crippen molar-refractivity contribution in [3.05, 3.63) is 58.2 Å². The van der Waals surface area contributed by atoms with Crippen LogP contribution in [0.2, 0.25) is 0 Å². The Kier molecular flexibility index (Phi) is 5.28. The van der Waals surface area contributed by atoms with Crippen LogP contribution in [0.5, 0.6) is 0 Å². The van der Waals surface area contributed by atoms with E-state index in [1.807, 2.05) is 62.8 Å². The standard InChI is InChI=1S/C19H22N4OS/c1-13-18(25-12-20-13)9-10-19(24)23(3)14(2)16-11-17(22-21-16)15-7-5-4-6-8-15/h4-8,11-12,14H,9-10H2,1-3H3,(H,21,22)/t14-/m0/s1. The van der Waals surface area contributed by atoms with Crippen LogP contribution in [0, 0.1) is 6.92 Å². The summed E-state index contributed by atoms with van der Waals surface area (Å²) in [5.41, 5.74) is 5.74. The Balaban J connectivity index is 1.64. The maximum atomic E-state index is 12.5. The summed E-state index contributed by atoms with van der Waals surface area (Å²) in [6.45, 7) is 4.00. The number of rotatable bonds is 6. The quantitative estimate of drug-likeness (QED) is 0.728. The lowest BCUT2D eigenvalue weighted by atomic mass is 10.1. The highest BCUT2D eigenvalue weighted by atomic mass is 32.1. The van der Waals surface area contributed by atoms with E-state index in [2.05, 4.69) is 15.2 Å². The van der Waals surface area contributed by atoms with E-state index in [0.717, 1.165) is 29.1 Å². The number of benzene rings is 1. The largest absolute Gasteiger partial charge is 0.337 e. The van der Waals surface area contributed by atoms with Gasteiger partial charge in [0.1, 0.15) is 0 Å². The number of nitrogens with zero attached hydrogens (tertiary/aromatic N) is 3. The van der Waals surface area contributed by atoms with Crippen LogP contribution in [-0.4, -0.2) is 33.0 Å². The second-order valence-corrected chi connectivity index (χ2v) is 7.06. The van der Waals surface area contributed by atoms with Crippen molar-refractivity contribution in [2.45, 2.75) is 32.7 Å². The molecule has 2 aromatic heterocycles. The minimum Gasteiger partial charge on any atom is -0.337 e. The topological polar surface area (TPSA) is 61.9 Å². The zero-order valence-corrected chi connectivity index (χ0v) is 15.5. The van der Waals surface area contributed by atoms with Crippen LogP contribution in [-0.2, 0) is 11.2 Å². The summed E-state index contributed by atoms with van der Waals surface area (Å²) in [7, 11) is 1.84. The lowest BCUT2D eigenvalue weighted by Gasteiger charge is -2.23. The van der Waals surface area contributed by atoms with E-state index in [1.54, 1.807) is 16.2 Å². The van der Waals surface area contributed by atoms with Gasteiger partial charge in [0.05, 0.1) is 28.6 Å². The van der Waals surface area contributed by atoms with E-state index in [-0.39, 0.29) is 11.9 Å². The third-order valence-electron chi connectivity index (χ3n) is 4.50. The number of aromatic amines is 1. The first kappa shape index (κ1) is 17.4. The van der Waals surface area contributed by atoms with Crippen molar-refractivity contribution in [2.75, 3.05) is 7.05 Å². The van der Waals surface area contributed by atoms with E-state index >= 15 is 0 Å². The second kappa shape index (κ2) is 7.61. The van der Waals surface area contributed by atoms with Gasteiger partial charge in [-0.05, 0) is 26.3 Å². The molecule has 0 aliphatic rings. The Morgan fingerprint density at radius 1 is 1.32 bits per heavy atom. The smallest absolute Gasteiger partial charge is 0.223 e. The summed E-state index contributed by atoms with van der Waals surface area (Å²) in [6, 6.07) is 12.0. The van der Waals surface area contributed by atoms with Gasteiger partial charge in [-0.1, -0.05) is 30.3 Å². The molecule has 3 aromatic rings. The van der Waals surface area contributed by atoms with Crippen molar-refractivity contribution >= 4 is 17.2 Å². The number of amides is 1. The Morgan fingerprint density at radius 2 is 2.08 bits per heavy atom. The third-order valence-corrected chi connectivity index (χ3v) is 5.50. The van der Waals surface area contributed by atoms with Crippen LogP contribution in [0.3, 0.4) is 0 Å². The molecule has 5 nitrogen and oxygen atoms in total. The van der Waals surface area contributed by atoms with Gasteiger partial charge in [0.25, 0.3) is 0 Å². The van der Waals surface area contributed by atoms with Crippen LogP contribution in [0.1, 0.15) is 35.7 Å². The van der Waals surface area contributed by atoms with E-state index in [0.29, 0.717) is 6.42 Å². The summed E-state index contributed by atoms with van der Waals surface area (Å²) >= 11 is 1.61. The molecule has 1 aromatic carbocycles. The number of carbonyl (C=O) groups excluding carboxylic acids is 1. The minimum absolute atomic E-state index is 0.0555. The first-order chi connectivity index (χ1) is 12.1. The average molecular weight is 354 g/mol. The lowest BCUT2D eigenvalue weighted by Crippen LogP contribution is -2.30. The van der Waals surface area contributed by atoms with Crippen LogP contribution >= 0.6 is 11.3 Å². The number of hydrogen-bond donors (Lipinski definition) is 1. The van der Waals surface area contributed by atoms with Crippen molar-refractivity contribution in [2.24, 2.45) is 0 Å². The molecular formula is C19H22N4OS. The number of thiazole rings is 1. The molecule has 0 spiro atoms. The van der Waals surface area contributed by atoms with E-state index in [9.17, 15) is 4.79 Å². The predicted octanol–water partition coefficient (Wildman–Crippen LogP) is 3.99. The fourth-order valence-corrected chi connectivity index (χ4v) is 3.48. The third kappa shape index (κ3) is 3.96. The molecule has 25 heavy (non-hydrogen) atoms. The highest BCUT2D eigenvalue weighted by Gasteiger charge is 2.20. The molecule has 0 fully saturated rings. The van der Waals surface area contributed by atoms with Crippen molar-refractivity contribution in [3.63, 3.8) is 0 Å². The summed E-state index contributed by atoms with van der Waals surface area (Å²) in [5, 5.41) is 7.44. The zero-order valence-electron chi connectivity index (χ0n) is 14.7. The highest BCUT2D eigenvalue weighted by molar-refractivity contribution is 7.09. The Bertz CT molecular complexity index is 840. The average Bonchev–Trinajstić information content (AvgIpc) is 3.28. The van der Waals surface area contributed by atoms with Crippen LogP contribution in [0.15, 0.2) is 41.9 Å². The SMILES string of the molecule is Cc1ncsc1CCC(=O)N(C)[C@@H](C)c1cc(-c2ccccc2)n[nH]1. The highest BCUT2D eigenvalue weighted by Crippen LogP contribution is 2.24. The summed E-state index contributed by atoms with van der Waals surface area (Å²) in [4.78, 5) is 19.7. The van der Waals surface area contributed by atoms with Crippen LogP contribution in [0.4, 0.5) is 0 Å². The molecular weight excluding hydrogens is 332 g/mol. The fraction of sp³-hybridized carbons (Fsp3) is 0.316. The minimum atomic E-state index is -0.0555.